The molecule has 0 amide bonds. The lowest BCUT2D eigenvalue weighted by atomic mass is 9.94. The molecule has 18 heteroatoms. The Bertz CT molecular complexity index is 2720. The Labute approximate surface area is 303 Å². The summed E-state index contributed by atoms with van der Waals surface area (Å²) < 4.78 is 0. The Morgan fingerprint density at radius 1 is 0.500 bits per heavy atom. The molecule has 4 heterocycles. The normalized spacial score (nSPS) is 17.0. The molecule has 2 aliphatic rings. The van der Waals surface area contributed by atoms with Crippen LogP contribution in [0.15, 0.2) is 52.6 Å². The summed E-state index contributed by atoms with van der Waals surface area (Å²) in [6, 6.07) is 22.4. The molecule has 1 aliphatic heterocycles. The number of H-pyrrole nitrogens is 2. The second-order valence-electron chi connectivity index (χ2n) is 11.7. The first kappa shape index (κ1) is 33.3. The summed E-state index contributed by atoms with van der Waals surface area (Å²) in [6.07, 6.45) is 3.04. The van der Waals surface area contributed by atoms with Crippen LogP contribution < -0.4 is 5.32 Å². The van der Waals surface area contributed by atoms with Crippen molar-refractivity contribution in [2.45, 2.75) is 29.8 Å². The standard InChI is InChI=1S/C36H14N18/c37-7-16-1-25-26(2-17(16)8-38)47-31(46-25)22(13-43)34-52-35(23(14-44)32-48-27-3-18(9-39)19(10-40)4-28(27)49-32)54-36(53-34)24(15-45)33-50-29-5-20(11-41)21(12-42)6-30(29)51-33/h1-6,22-26H,(H,46,47)(H,48,49)(H,50,51). The van der Waals surface area contributed by atoms with Crippen molar-refractivity contribution in [3.05, 3.63) is 98.9 Å². The summed E-state index contributed by atoms with van der Waals surface area (Å²) in [5.74, 6) is -4.55. The average Bonchev–Trinajstić information content (AvgIpc) is 3.92. The highest BCUT2D eigenvalue weighted by Crippen LogP contribution is 2.31. The zero-order chi connectivity index (χ0) is 38.1. The van der Waals surface area contributed by atoms with E-state index in [2.05, 4.69) is 63.4 Å². The molecule has 5 aromatic rings. The molecule has 5 atom stereocenters. The van der Waals surface area contributed by atoms with Crippen molar-refractivity contribution >= 4 is 27.9 Å². The van der Waals surface area contributed by atoms with E-state index in [9.17, 15) is 47.4 Å². The lowest BCUT2D eigenvalue weighted by Gasteiger charge is -2.18. The number of allylic oxidation sites excluding steroid dienone is 2. The molecule has 0 saturated heterocycles. The molecule has 248 valence electrons. The van der Waals surface area contributed by atoms with Gasteiger partial charge in [-0.2, -0.15) is 47.4 Å². The highest BCUT2D eigenvalue weighted by atomic mass is 15.2. The smallest absolute Gasteiger partial charge is 0.164 e. The summed E-state index contributed by atoms with van der Waals surface area (Å²) in [5, 5.41) is 91.6. The molecule has 0 saturated carbocycles. The summed E-state index contributed by atoms with van der Waals surface area (Å²) in [7, 11) is 0. The number of hydrogen-bond donors (Lipinski definition) is 3. The van der Waals surface area contributed by atoms with E-state index in [0.29, 0.717) is 11.0 Å². The fourth-order valence-electron chi connectivity index (χ4n) is 6.03. The monoisotopic (exact) mass is 698 g/mol. The van der Waals surface area contributed by atoms with Crippen molar-refractivity contribution in [1.82, 2.24) is 40.2 Å². The molecule has 7 rings (SSSR count). The van der Waals surface area contributed by atoms with Crippen molar-refractivity contribution < 1.29 is 0 Å². The van der Waals surface area contributed by atoms with Crippen LogP contribution >= 0.6 is 0 Å². The van der Waals surface area contributed by atoms with Crippen molar-refractivity contribution in [2.24, 2.45) is 4.99 Å². The molecule has 0 radical (unpaired) electrons. The average molecular weight is 699 g/mol. The predicted octanol–water partition coefficient (Wildman–Crippen LogP) is 2.68. The highest BCUT2D eigenvalue weighted by Gasteiger charge is 2.37. The van der Waals surface area contributed by atoms with Gasteiger partial charge in [-0.15, -0.1) is 0 Å². The van der Waals surface area contributed by atoms with Gasteiger partial charge in [0.05, 0.1) is 85.8 Å². The van der Waals surface area contributed by atoms with Crippen molar-refractivity contribution in [2.75, 3.05) is 0 Å². The van der Waals surface area contributed by atoms with E-state index in [1.807, 2.05) is 36.4 Å². The van der Waals surface area contributed by atoms with E-state index >= 15 is 0 Å². The topological polar surface area (TPSA) is 335 Å². The number of aromatic amines is 2. The molecule has 3 N–H and O–H groups in total. The van der Waals surface area contributed by atoms with E-state index in [1.165, 1.54) is 36.4 Å². The Balaban J connectivity index is 1.38. The number of nitrogens with zero attached hydrogens (tertiary/aromatic N) is 15. The summed E-state index contributed by atoms with van der Waals surface area (Å²) in [5.41, 5.74) is 1.82. The minimum absolute atomic E-state index is 0.0269. The number of hydrogen-bond acceptors (Lipinski definition) is 16. The van der Waals surface area contributed by atoms with E-state index in [0.717, 1.165) is 0 Å². The molecule has 5 unspecified atom stereocenters. The number of imidazole rings is 2. The van der Waals surface area contributed by atoms with Crippen molar-refractivity contribution in [3.8, 4) is 54.6 Å². The first-order valence-corrected chi connectivity index (χ1v) is 15.5. The van der Waals surface area contributed by atoms with Crippen LogP contribution in [0.2, 0.25) is 0 Å². The van der Waals surface area contributed by atoms with Gasteiger partial charge in [0.1, 0.15) is 53.9 Å². The van der Waals surface area contributed by atoms with Crippen molar-refractivity contribution in [1.29, 1.82) is 47.4 Å². The second-order valence-corrected chi connectivity index (χ2v) is 11.7. The molecule has 0 spiro atoms. The van der Waals surface area contributed by atoms with Crippen LogP contribution in [0.5, 0.6) is 0 Å². The Morgan fingerprint density at radius 3 is 1.35 bits per heavy atom. The molecule has 3 aromatic heterocycles. The zero-order valence-corrected chi connectivity index (χ0v) is 27.1. The SMILES string of the molecule is N#CC1=CC2N=C(C(C#N)c3nc(C(C#N)c4nc5cc(C#N)c(C#N)cc5[nH]4)nc(C(C#N)c4nc5cc(C#N)c(C#N)cc5[nH]4)n3)NC2C=C1C#N. The number of rotatable bonds is 6. The fourth-order valence-corrected chi connectivity index (χ4v) is 6.03. The molecule has 0 bridgehead atoms. The second kappa shape index (κ2) is 13.2. The minimum Gasteiger partial charge on any atom is -0.364 e. The third-order valence-electron chi connectivity index (χ3n) is 8.62. The number of aliphatic imine (C=N–C) groups is 1. The molecule has 1 aliphatic carbocycles. The highest BCUT2D eigenvalue weighted by molar-refractivity contribution is 5.93. The van der Waals surface area contributed by atoms with Crippen LogP contribution in [0.4, 0.5) is 0 Å². The minimum atomic E-state index is -1.36. The molecule has 54 heavy (non-hydrogen) atoms. The maximum absolute atomic E-state index is 10.5. The van der Waals surface area contributed by atoms with Gasteiger partial charge in [-0.3, -0.25) is 4.99 Å². The Kier molecular flexibility index (Phi) is 8.15. The zero-order valence-electron chi connectivity index (χ0n) is 27.1. The quantitative estimate of drug-likeness (QED) is 0.229. The number of fused-ring (bicyclic) bond motifs is 3. The summed E-state index contributed by atoms with van der Waals surface area (Å²) >= 11 is 0. The number of aromatic nitrogens is 7. The lowest BCUT2D eigenvalue weighted by molar-refractivity contribution is 0.683. The Hall–Kier alpha value is -9.25. The number of amidine groups is 1. The molecule has 18 nitrogen and oxygen atoms in total. The van der Waals surface area contributed by atoms with Crippen LogP contribution in [-0.4, -0.2) is 52.8 Å². The number of nitriles is 9. The lowest BCUT2D eigenvalue weighted by Crippen LogP contribution is -2.36. The maximum Gasteiger partial charge on any atom is 0.164 e. The van der Waals surface area contributed by atoms with Gasteiger partial charge >= 0.3 is 0 Å². The predicted molar refractivity (Wildman–Crippen MR) is 180 cm³/mol. The van der Waals surface area contributed by atoms with E-state index in [1.54, 1.807) is 0 Å². The largest absolute Gasteiger partial charge is 0.364 e. The van der Waals surface area contributed by atoms with Crippen molar-refractivity contribution in [3.63, 3.8) is 0 Å². The first-order chi connectivity index (χ1) is 26.3. The van der Waals surface area contributed by atoms with E-state index in [4.69, 9.17) is 0 Å². The van der Waals surface area contributed by atoms with Gasteiger partial charge in [-0.25, -0.2) is 24.9 Å². The molecular formula is C36H14N18. The van der Waals surface area contributed by atoms with Crippen LogP contribution in [0, 0.1) is 102 Å². The van der Waals surface area contributed by atoms with Gasteiger partial charge in [-0.05, 0) is 36.4 Å². The van der Waals surface area contributed by atoms with Gasteiger partial charge in [0, 0.05) is 0 Å². The summed E-state index contributed by atoms with van der Waals surface area (Å²) in [4.78, 5) is 33.0. The number of benzene rings is 2. The van der Waals surface area contributed by atoms with Gasteiger partial charge < -0.3 is 15.3 Å². The van der Waals surface area contributed by atoms with Gasteiger partial charge in [0.25, 0.3) is 0 Å². The fraction of sp³-hybridized carbons (Fsp3) is 0.139. The first-order valence-electron chi connectivity index (χ1n) is 15.5. The molecule has 0 fully saturated rings. The van der Waals surface area contributed by atoms with Gasteiger partial charge in [0.15, 0.2) is 35.2 Å². The molecule has 2 aromatic carbocycles. The van der Waals surface area contributed by atoms with Gasteiger partial charge in [0.2, 0.25) is 0 Å². The van der Waals surface area contributed by atoms with E-state index in [-0.39, 0.29) is 79.4 Å². The Morgan fingerprint density at radius 2 is 0.926 bits per heavy atom. The van der Waals surface area contributed by atoms with E-state index < -0.39 is 29.8 Å². The third kappa shape index (κ3) is 5.47. The number of nitrogens with one attached hydrogen (secondary N) is 3. The van der Waals surface area contributed by atoms with Crippen LogP contribution in [0.25, 0.3) is 22.1 Å². The maximum atomic E-state index is 10.5. The van der Waals surface area contributed by atoms with Crippen LogP contribution in [-0.2, 0) is 0 Å². The van der Waals surface area contributed by atoms with Crippen LogP contribution in [0.3, 0.4) is 0 Å². The summed E-state index contributed by atoms with van der Waals surface area (Å²) in [6.45, 7) is 0. The van der Waals surface area contributed by atoms with Crippen LogP contribution in [0.1, 0.15) is 69.1 Å². The third-order valence-corrected chi connectivity index (χ3v) is 8.62. The van der Waals surface area contributed by atoms with Gasteiger partial charge in [-0.1, -0.05) is 0 Å². The molecular weight excluding hydrogens is 685 g/mol.